The summed E-state index contributed by atoms with van der Waals surface area (Å²) in [5.41, 5.74) is -1.02. The molecule has 2 saturated carbocycles. The van der Waals surface area contributed by atoms with E-state index in [2.05, 4.69) is 34.9 Å². The Morgan fingerprint density at radius 2 is 1.19 bits per heavy atom. The molecule has 7 nitrogen and oxygen atoms in total. The van der Waals surface area contributed by atoms with Crippen molar-refractivity contribution in [3.63, 3.8) is 0 Å². The Morgan fingerprint density at radius 3 is 1.53 bits per heavy atom. The molecule has 5 unspecified atom stereocenters. The van der Waals surface area contributed by atoms with E-state index in [0.717, 1.165) is 51.4 Å². The molecular formula is C25H38N2O5. The van der Waals surface area contributed by atoms with Crippen LogP contribution in [0.15, 0.2) is 24.3 Å². The highest BCUT2D eigenvalue weighted by Gasteiger charge is 2.58. The highest BCUT2D eigenvalue weighted by atomic mass is 16.4. The van der Waals surface area contributed by atoms with Crippen LogP contribution in [0.5, 0.6) is 0 Å². The molecule has 0 aromatic carbocycles. The van der Waals surface area contributed by atoms with Crippen LogP contribution in [0.3, 0.4) is 0 Å². The highest BCUT2D eigenvalue weighted by molar-refractivity contribution is 5.66. The van der Waals surface area contributed by atoms with Gasteiger partial charge in [0, 0.05) is 6.54 Å². The van der Waals surface area contributed by atoms with E-state index in [1.165, 1.54) is 0 Å². The normalized spacial score (nSPS) is 38.0. The molecule has 0 bridgehead atoms. The fourth-order valence-corrected chi connectivity index (χ4v) is 6.97. The summed E-state index contributed by atoms with van der Waals surface area (Å²) in [7, 11) is 0. The molecule has 2 fully saturated rings. The lowest BCUT2D eigenvalue weighted by Crippen LogP contribution is -2.60. The second kappa shape index (κ2) is 9.86. The first-order valence-electron chi connectivity index (χ1n) is 12.4. The lowest BCUT2D eigenvalue weighted by molar-refractivity contribution is 0.0366. The monoisotopic (exact) mass is 446 g/mol. The Labute approximate surface area is 190 Å². The zero-order valence-electron chi connectivity index (χ0n) is 18.8. The maximum atomic E-state index is 11.9. The zero-order valence-corrected chi connectivity index (χ0v) is 18.8. The second-order valence-electron chi connectivity index (χ2n) is 10.4. The molecule has 5 N–H and O–H groups in total. The summed E-state index contributed by atoms with van der Waals surface area (Å²) < 4.78 is 0. The summed E-state index contributed by atoms with van der Waals surface area (Å²) >= 11 is 0. The second-order valence-corrected chi connectivity index (χ2v) is 10.4. The number of hydrogen-bond acceptors (Lipinski definition) is 3. The van der Waals surface area contributed by atoms with Gasteiger partial charge in [-0.3, -0.25) is 0 Å². The maximum absolute atomic E-state index is 11.9. The average Bonchev–Trinajstić information content (AvgIpc) is 3.53. The molecule has 0 aromatic heterocycles. The molecule has 0 saturated heterocycles. The Morgan fingerprint density at radius 1 is 0.781 bits per heavy atom. The van der Waals surface area contributed by atoms with Crippen molar-refractivity contribution in [3.05, 3.63) is 24.3 Å². The number of aliphatic hydroxyl groups is 1. The number of carbonyl (C=O) groups is 2. The van der Waals surface area contributed by atoms with Gasteiger partial charge in [0.05, 0.1) is 11.6 Å². The number of allylic oxidation sites excluding steroid dienone is 4. The van der Waals surface area contributed by atoms with Crippen LogP contribution in [0.25, 0.3) is 0 Å². The molecule has 0 radical (unpaired) electrons. The molecule has 5 atom stereocenters. The Balaban J connectivity index is 1.53. The molecule has 4 aliphatic rings. The van der Waals surface area contributed by atoms with Crippen molar-refractivity contribution >= 4 is 12.2 Å². The number of amides is 2. The summed E-state index contributed by atoms with van der Waals surface area (Å²) in [6, 6.07) is 0. The van der Waals surface area contributed by atoms with Gasteiger partial charge in [0.1, 0.15) is 0 Å². The fourth-order valence-electron chi connectivity index (χ4n) is 6.97. The van der Waals surface area contributed by atoms with E-state index in [0.29, 0.717) is 48.3 Å². The standard InChI is InChI=1S/C25H38N2O5/c28-22(15-26-23(29)30)25(27-24(31)32,13-20-16-9-5-1-2-6-10-17(16)20)14-21-18-11-7-3-4-8-12-19(18)21/h1-4,16-22,26-28H,5-15H2,(H,29,30)(H,31,32)/b2-1+,4-3+. The summed E-state index contributed by atoms with van der Waals surface area (Å²) in [5, 5.41) is 35.1. The molecule has 32 heavy (non-hydrogen) atoms. The van der Waals surface area contributed by atoms with E-state index >= 15 is 0 Å². The van der Waals surface area contributed by atoms with Crippen LogP contribution in [0.4, 0.5) is 9.59 Å². The predicted octanol–water partition coefficient (Wildman–Crippen LogP) is 4.39. The lowest BCUT2D eigenvalue weighted by Gasteiger charge is -2.39. The number of carboxylic acid groups (broad SMARTS) is 2. The third kappa shape index (κ3) is 5.30. The maximum Gasteiger partial charge on any atom is 0.405 e. The minimum Gasteiger partial charge on any atom is -0.465 e. The van der Waals surface area contributed by atoms with Crippen LogP contribution in [-0.2, 0) is 0 Å². The SMILES string of the molecule is O=C(O)NCC(O)C(CC1C2CC/C=C/CCC21)(CC1C2CC/C=C/CCC21)NC(=O)O. The van der Waals surface area contributed by atoms with E-state index in [-0.39, 0.29) is 6.54 Å². The molecule has 7 heteroatoms. The van der Waals surface area contributed by atoms with Crippen LogP contribution in [0.1, 0.15) is 64.2 Å². The zero-order chi connectivity index (χ0) is 22.7. The van der Waals surface area contributed by atoms with Crippen LogP contribution in [0.2, 0.25) is 0 Å². The average molecular weight is 447 g/mol. The van der Waals surface area contributed by atoms with Gasteiger partial charge in [-0.2, -0.15) is 0 Å². The Bertz CT molecular complexity index is 679. The van der Waals surface area contributed by atoms with Gasteiger partial charge in [-0.25, -0.2) is 9.59 Å². The summed E-state index contributed by atoms with van der Waals surface area (Å²) in [4.78, 5) is 23.0. The van der Waals surface area contributed by atoms with Gasteiger partial charge < -0.3 is 26.0 Å². The molecule has 0 aromatic rings. The molecule has 2 amide bonds. The van der Waals surface area contributed by atoms with Crippen molar-refractivity contribution in [2.45, 2.75) is 75.9 Å². The van der Waals surface area contributed by atoms with Gasteiger partial charge in [-0.05, 0) is 99.7 Å². The van der Waals surface area contributed by atoms with Gasteiger partial charge in [-0.1, -0.05) is 24.3 Å². The summed E-state index contributed by atoms with van der Waals surface area (Å²) in [6.07, 6.45) is 15.4. The smallest absolute Gasteiger partial charge is 0.405 e. The first-order valence-corrected chi connectivity index (χ1v) is 12.4. The first kappa shape index (κ1) is 23.1. The van der Waals surface area contributed by atoms with Crippen molar-refractivity contribution in [2.24, 2.45) is 35.5 Å². The molecule has 0 aliphatic heterocycles. The Kier molecular flexibility index (Phi) is 7.13. The van der Waals surface area contributed by atoms with Crippen LogP contribution in [-0.4, -0.2) is 45.7 Å². The Hall–Kier alpha value is -2.02. The molecule has 4 rings (SSSR count). The van der Waals surface area contributed by atoms with E-state index in [1.807, 2.05) is 0 Å². The third-order valence-electron chi connectivity index (χ3n) is 8.66. The summed E-state index contributed by atoms with van der Waals surface area (Å²) in [6.45, 7) is -0.164. The number of rotatable bonds is 8. The molecule has 0 spiro atoms. The predicted molar refractivity (Wildman–Crippen MR) is 121 cm³/mol. The number of hydrogen-bond donors (Lipinski definition) is 5. The van der Waals surface area contributed by atoms with Crippen molar-refractivity contribution in [1.29, 1.82) is 0 Å². The quantitative estimate of drug-likeness (QED) is 0.354. The topological polar surface area (TPSA) is 119 Å². The van der Waals surface area contributed by atoms with Crippen molar-refractivity contribution in [3.8, 4) is 0 Å². The highest BCUT2D eigenvalue weighted by Crippen LogP contribution is 2.60. The van der Waals surface area contributed by atoms with Gasteiger partial charge in [0.25, 0.3) is 0 Å². The van der Waals surface area contributed by atoms with Gasteiger partial charge >= 0.3 is 12.2 Å². The van der Waals surface area contributed by atoms with Crippen molar-refractivity contribution in [2.75, 3.05) is 6.54 Å². The minimum atomic E-state index is -1.20. The van der Waals surface area contributed by atoms with Gasteiger partial charge in [0.2, 0.25) is 0 Å². The molecular weight excluding hydrogens is 408 g/mol. The minimum absolute atomic E-state index is 0.164. The molecule has 0 heterocycles. The van der Waals surface area contributed by atoms with E-state index in [9.17, 15) is 19.8 Å². The first-order chi connectivity index (χ1) is 15.4. The van der Waals surface area contributed by atoms with Crippen LogP contribution >= 0.6 is 0 Å². The van der Waals surface area contributed by atoms with E-state index in [1.54, 1.807) is 0 Å². The lowest BCUT2D eigenvalue weighted by atomic mass is 9.79. The molecule has 4 aliphatic carbocycles. The number of aliphatic hydroxyl groups excluding tert-OH is 1. The van der Waals surface area contributed by atoms with Crippen molar-refractivity contribution < 1.29 is 24.9 Å². The number of nitrogens with one attached hydrogen (secondary N) is 2. The van der Waals surface area contributed by atoms with Crippen LogP contribution in [0, 0.1) is 35.5 Å². The van der Waals surface area contributed by atoms with E-state index < -0.39 is 23.8 Å². The van der Waals surface area contributed by atoms with Crippen LogP contribution < -0.4 is 10.6 Å². The van der Waals surface area contributed by atoms with Gasteiger partial charge in [-0.15, -0.1) is 0 Å². The molecule has 178 valence electrons. The van der Waals surface area contributed by atoms with E-state index in [4.69, 9.17) is 5.11 Å². The largest absolute Gasteiger partial charge is 0.465 e. The van der Waals surface area contributed by atoms with Crippen molar-refractivity contribution in [1.82, 2.24) is 10.6 Å². The third-order valence-corrected chi connectivity index (χ3v) is 8.66. The fraction of sp³-hybridized carbons (Fsp3) is 0.760. The summed E-state index contributed by atoms with van der Waals surface area (Å²) in [5.74, 6) is 3.07. The number of fused-ring (bicyclic) bond motifs is 2. The van der Waals surface area contributed by atoms with Gasteiger partial charge in [0.15, 0.2) is 0 Å².